The van der Waals surface area contributed by atoms with E-state index in [9.17, 15) is 26.4 Å². The quantitative estimate of drug-likeness (QED) is 0.891. The number of sulfone groups is 1. The summed E-state index contributed by atoms with van der Waals surface area (Å²) in [6.07, 6.45) is -5.00. The summed E-state index contributed by atoms with van der Waals surface area (Å²) in [5, 5.41) is 14.7. The van der Waals surface area contributed by atoms with Gasteiger partial charge in [-0.25, -0.2) is 17.9 Å². The topological polar surface area (TPSA) is 102 Å². The molecule has 21 heavy (non-hydrogen) atoms. The highest BCUT2D eigenvalue weighted by Crippen LogP contribution is 2.31. The Morgan fingerprint density at radius 2 is 1.81 bits per heavy atom. The van der Waals surface area contributed by atoms with Gasteiger partial charge in [-0.15, -0.1) is 5.10 Å². The second kappa shape index (κ2) is 5.28. The zero-order chi connectivity index (χ0) is 16.6. The van der Waals surface area contributed by atoms with Crippen LogP contribution in [0.4, 0.5) is 13.2 Å². The van der Waals surface area contributed by atoms with Crippen LogP contribution in [0.5, 0.6) is 0 Å². The van der Waals surface area contributed by atoms with Gasteiger partial charge in [0.15, 0.2) is 15.5 Å². The summed E-state index contributed by atoms with van der Waals surface area (Å²) < 4.78 is 61.4. The van der Waals surface area contributed by atoms with Crippen LogP contribution in [0.2, 0.25) is 0 Å². The van der Waals surface area contributed by atoms with Gasteiger partial charge in [-0.1, -0.05) is 5.21 Å². The zero-order valence-electron chi connectivity index (χ0n) is 11.5. The number of aryl methyl sites for hydroxylation is 1. The molecule has 0 fully saturated rings. The lowest BCUT2D eigenvalue weighted by Crippen LogP contribution is -2.32. The Kier molecular flexibility index (Phi) is 4.37. The third-order valence-corrected chi connectivity index (χ3v) is 5.30. The number of halogens is 3. The summed E-state index contributed by atoms with van der Waals surface area (Å²) in [4.78, 5) is 10.7. The van der Waals surface area contributed by atoms with E-state index < -0.39 is 50.4 Å². The molecular formula is C10H14F3N3O4S. The number of alkyl halides is 3. The summed E-state index contributed by atoms with van der Waals surface area (Å²) in [5.41, 5.74) is -2.82. The third-order valence-electron chi connectivity index (χ3n) is 2.71. The van der Waals surface area contributed by atoms with Crippen molar-refractivity contribution in [2.24, 2.45) is 0 Å². The maximum Gasteiger partial charge on any atom is 0.435 e. The molecule has 0 amide bonds. The molecule has 0 aliphatic heterocycles. The lowest BCUT2D eigenvalue weighted by molar-refractivity contribution is -0.144. The average Bonchev–Trinajstić information content (AvgIpc) is 2.68. The second-order valence-electron chi connectivity index (χ2n) is 5.24. The first-order valence-corrected chi connectivity index (χ1v) is 7.39. The highest BCUT2D eigenvalue weighted by atomic mass is 32.2. The van der Waals surface area contributed by atoms with Crippen LogP contribution in [0, 0.1) is 0 Å². The Labute approximate surface area is 118 Å². The number of hydrogen-bond donors (Lipinski definition) is 1. The molecule has 7 nitrogen and oxygen atoms in total. The van der Waals surface area contributed by atoms with Gasteiger partial charge in [-0.3, -0.25) is 0 Å². The number of carboxylic acid groups (broad SMARTS) is 1. The van der Waals surface area contributed by atoms with E-state index in [-0.39, 0.29) is 4.68 Å². The molecule has 0 saturated heterocycles. The summed E-state index contributed by atoms with van der Waals surface area (Å²) in [6.45, 7) is 3.61. The number of nitrogens with zero attached hydrogens (tertiary/aromatic N) is 3. The van der Waals surface area contributed by atoms with Gasteiger partial charge in [-0.05, 0) is 20.8 Å². The number of aromatic carboxylic acids is 1. The van der Waals surface area contributed by atoms with Crippen molar-refractivity contribution in [1.82, 2.24) is 15.0 Å². The molecule has 0 atom stereocenters. The van der Waals surface area contributed by atoms with E-state index in [1.165, 1.54) is 20.8 Å². The first-order chi connectivity index (χ1) is 9.27. The van der Waals surface area contributed by atoms with Crippen molar-refractivity contribution in [3.63, 3.8) is 0 Å². The van der Waals surface area contributed by atoms with E-state index in [0.717, 1.165) is 0 Å². The minimum absolute atomic E-state index is 0.257. The van der Waals surface area contributed by atoms with Crippen molar-refractivity contribution in [3.05, 3.63) is 11.4 Å². The second-order valence-corrected chi connectivity index (χ2v) is 8.11. The van der Waals surface area contributed by atoms with E-state index >= 15 is 0 Å². The van der Waals surface area contributed by atoms with Gasteiger partial charge in [0.2, 0.25) is 5.69 Å². The van der Waals surface area contributed by atoms with Crippen LogP contribution in [0.3, 0.4) is 0 Å². The Bertz CT molecular complexity index is 643. The van der Waals surface area contributed by atoms with E-state index in [2.05, 4.69) is 10.3 Å². The zero-order valence-corrected chi connectivity index (χ0v) is 12.3. The van der Waals surface area contributed by atoms with Gasteiger partial charge in [0.25, 0.3) is 0 Å². The summed E-state index contributed by atoms with van der Waals surface area (Å²) in [6, 6.07) is 0. The van der Waals surface area contributed by atoms with Crippen LogP contribution in [-0.2, 0) is 22.6 Å². The summed E-state index contributed by atoms with van der Waals surface area (Å²) >= 11 is 0. The molecule has 0 radical (unpaired) electrons. The molecule has 0 bridgehead atoms. The normalized spacial score (nSPS) is 13.4. The predicted molar refractivity (Wildman–Crippen MR) is 65.5 cm³/mol. The number of aromatic nitrogens is 3. The maximum absolute atomic E-state index is 12.8. The lowest BCUT2D eigenvalue weighted by Gasteiger charge is -2.19. The fourth-order valence-electron chi connectivity index (χ4n) is 1.41. The van der Waals surface area contributed by atoms with Gasteiger partial charge in [0.05, 0.1) is 17.0 Å². The first-order valence-electron chi connectivity index (χ1n) is 5.73. The van der Waals surface area contributed by atoms with Gasteiger partial charge in [-0.2, -0.15) is 13.2 Å². The standard InChI is InChI=1S/C10H14F3N3O4S/c1-9(2,3)21(19,20)5-4-16-7(10(11,12)13)6(8(17)18)14-15-16/h4-5H2,1-3H3,(H,17,18). The molecule has 1 N–H and O–H groups in total. The Morgan fingerprint density at radius 3 is 2.19 bits per heavy atom. The predicted octanol–water partition coefficient (Wildman–Crippen LogP) is 1.21. The summed E-state index contributed by atoms with van der Waals surface area (Å²) in [7, 11) is -3.67. The summed E-state index contributed by atoms with van der Waals surface area (Å²) in [5.74, 6) is -2.49. The molecule has 1 heterocycles. The Morgan fingerprint density at radius 1 is 1.29 bits per heavy atom. The Balaban J connectivity index is 3.15. The highest BCUT2D eigenvalue weighted by molar-refractivity contribution is 7.92. The van der Waals surface area contributed by atoms with Crippen molar-refractivity contribution in [1.29, 1.82) is 0 Å². The minimum Gasteiger partial charge on any atom is -0.476 e. The lowest BCUT2D eigenvalue weighted by atomic mass is 10.3. The van der Waals surface area contributed by atoms with Crippen LogP contribution >= 0.6 is 0 Å². The fraction of sp³-hybridized carbons (Fsp3) is 0.700. The van der Waals surface area contributed by atoms with Gasteiger partial charge in [0, 0.05) is 0 Å². The van der Waals surface area contributed by atoms with Crippen LogP contribution in [-0.4, -0.2) is 45.0 Å². The molecule has 1 rings (SSSR count). The first kappa shape index (κ1) is 17.4. The van der Waals surface area contributed by atoms with E-state index in [1.807, 2.05) is 0 Å². The maximum atomic E-state index is 12.8. The number of hydrogen-bond acceptors (Lipinski definition) is 5. The molecule has 0 aromatic carbocycles. The van der Waals surface area contributed by atoms with E-state index in [4.69, 9.17) is 5.11 Å². The van der Waals surface area contributed by atoms with Crippen LogP contribution in [0.1, 0.15) is 37.0 Å². The third kappa shape index (κ3) is 3.71. The van der Waals surface area contributed by atoms with E-state index in [1.54, 1.807) is 0 Å². The molecule has 0 unspecified atom stereocenters. The van der Waals surface area contributed by atoms with Crippen molar-refractivity contribution in [2.45, 2.75) is 38.2 Å². The molecule has 120 valence electrons. The average molecular weight is 329 g/mol. The molecule has 1 aromatic heterocycles. The molecular weight excluding hydrogens is 315 g/mol. The molecule has 0 saturated carbocycles. The van der Waals surface area contributed by atoms with Crippen molar-refractivity contribution in [2.75, 3.05) is 5.75 Å². The fourth-order valence-corrected chi connectivity index (χ4v) is 2.43. The smallest absolute Gasteiger partial charge is 0.435 e. The van der Waals surface area contributed by atoms with Gasteiger partial charge < -0.3 is 5.11 Å². The number of rotatable bonds is 4. The SMILES string of the molecule is CC(C)(C)S(=O)(=O)CCn1nnc(C(=O)O)c1C(F)(F)F. The molecule has 0 spiro atoms. The van der Waals surface area contributed by atoms with E-state index in [0.29, 0.717) is 0 Å². The largest absolute Gasteiger partial charge is 0.476 e. The number of carboxylic acids is 1. The van der Waals surface area contributed by atoms with Crippen molar-refractivity contribution in [3.8, 4) is 0 Å². The monoisotopic (exact) mass is 329 g/mol. The van der Waals surface area contributed by atoms with Gasteiger partial charge >= 0.3 is 12.1 Å². The van der Waals surface area contributed by atoms with Crippen molar-refractivity contribution >= 4 is 15.8 Å². The Hall–Kier alpha value is -1.65. The van der Waals surface area contributed by atoms with Crippen LogP contribution in [0.15, 0.2) is 0 Å². The van der Waals surface area contributed by atoms with Crippen LogP contribution in [0.25, 0.3) is 0 Å². The van der Waals surface area contributed by atoms with Crippen molar-refractivity contribution < 1.29 is 31.5 Å². The highest BCUT2D eigenvalue weighted by Gasteiger charge is 2.42. The minimum atomic E-state index is -5.00. The molecule has 0 aliphatic carbocycles. The van der Waals surface area contributed by atoms with Gasteiger partial charge in [0.1, 0.15) is 0 Å². The molecule has 1 aromatic rings. The van der Waals surface area contributed by atoms with Crippen LogP contribution < -0.4 is 0 Å². The molecule has 0 aliphatic rings. The molecule has 11 heteroatoms. The number of carbonyl (C=O) groups is 1.